The molecule has 0 aliphatic carbocycles. The lowest BCUT2D eigenvalue weighted by atomic mass is 10.0. The second-order valence-corrected chi connectivity index (χ2v) is 5.06. The molecule has 1 aromatic rings. The molecule has 0 spiro atoms. The van der Waals surface area contributed by atoms with Crippen LogP contribution in [0.4, 0.5) is 11.9 Å². The number of hydrogen-bond donors (Lipinski definition) is 4. The molecule has 5 N–H and O–H groups in total. The number of rotatable bonds is 7. The molecule has 1 rings (SSSR count). The molecule has 0 aliphatic heterocycles. The average Bonchev–Trinajstić information content (AvgIpc) is 2.26. The molecule has 19 heavy (non-hydrogen) atoms. The lowest BCUT2D eigenvalue weighted by Crippen LogP contribution is -2.33. The van der Waals surface area contributed by atoms with Gasteiger partial charge in [0.2, 0.25) is 11.9 Å². The molecule has 8 nitrogen and oxygen atoms in total. The van der Waals surface area contributed by atoms with Crippen molar-refractivity contribution in [1.82, 2.24) is 15.0 Å². The lowest BCUT2D eigenvalue weighted by Gasteiger charge is -2.25. The Morgan fingerprint density at radius 1 is 1.26 bits per heavy atom. The number of nitrogens with one attached hydrogen (secondary N) is 2. The van der Waals surface area contributed by atoms with Gasteiger partial charge in [0.25, 0.3) is 0 Å². The van der Waals surface area contributed by atoms with Crippen LogP contribution in [0.3, 0.4) is 0 Å². The first-order valence-electron chi connectivity index (χ1n) is 6.14. The minimum absolute atomic E-state index is 0.0497. The highest BCUT2D eigenvalue weighted by atomic mass is 16.5. The molecule has 1 aromatic heterocycles. The summed E-state index contributed by atoms with van der Waals surface area (Å²) in [5.41, 5.74) is 2.02. The van der Waals surface area contributed by atoms with Crippen LogP contribution in [-0.2, 0) is 0 Å². The number of aliphatic hydroxyl groups is 1. The summed E-state index contributed by atoms with van der Waals surface area (Å²) in [5.74, 6) is 5.87. The standard InChI is InChI=1S/C11H22N6O2/c1-7(2)19-10-14-8(13-9(15-10)17-12)16-11(3,4)5-6-18/h7,18H,5-6,12H2,1-4H3,(H2,13,14,15,16,17). The third kappa shape index (κ3) is 5.23. The van der Waals surface area contributed by atoms with Gasteiger partial charge in [-0.05, 0) is 34.1 Å². The molecule has 0 amide bonds. The van der Waals surface area contributed by atoms with Crippen molar-refractivity contribution in [3.05, 3.63) is 0 Å². The molecule has 0 unspecified atom stereocenters. The van der Waals surface area contributed by atoms with E-state index in [1.54, 1.807) is 0 Å². The maximum Gasteiger partial charge on any atom is 0.323 e. The highest BCUT2D eigenvalue weighted by Crippen LogP contribution is 2.18. The van der Waals surface area contributed by atoms with Crippen molar-refractivity contribution in [2.24, 2.45) is 5.84 Å². The maximum atomic E-state index is 9.00. The molecule has 0 bridgehead atoms. The Labute approximate surface area is 112 Å². The van der Waals surface area contributed by atoms with Gasteiger partial charge in [-0.15, -0.1) is 0 Å². The van der Waals surface area contributed by atoms with E-state index in [1.165, 1.54) is 0 Å². The second kappa shape index (κ2) is 6.48. The predicted octanol–water partition coefficient (Wildman–Crippen LogP) is 0.517. The van der Waals surface area contributed by atoms with Crippen LogP contribution in [0.15, 0.2) is 0 Å². The first kappa shape index (κ1) is 15.4. The molecule has 0 radical (unpaired) electrons. The van der Waals surface area contributed by atoms with Crippen molar-refractivity contribution in [2.45, 2.75) is 45.8 Å². The fourth-order valence-electron chi connectivity index (χ4n) is 1.39. The van der Waals surface area contributed by atoms with Gasteiger partial charge in [0.1, 0.15) is 0 Å². The predicted molar refractivity (Wildman–Crippen MR) is 72.8 cm³/mol. The van der Waals surface area contributed by atoms with Crippen LogP contribution in [0.1, 0.15) is 34.1 Å². The number of aliphatic hydroxyl groups excluding tert-OH is 1. The number of nitrogen functional groups attached to an aromatic ring is 1. The SMILES string of the molecule is CC(C)Oc1nc(NN)nc(NC(C)(C)CCO)n1. The summed E-state index contributed by atoms with van der Waals surface area (Å²) >= 11 is 0. The second-order valence-electron chi connectivity index (χ2n) is 5.06. The third-order valence-corrected chi connectivity index (χ3v) is 2.27. The van der Waals surface area contributed by atoms with E-state index in [0.29, 0.717) is 12.4 Å². The molecule has 1 heterocycles. The summed E-state index contributed by atoms with van der Waals surface area (Å²) in [6.07, 6.45) is 0.510. The van der Waals surface area contributed by atoms with Crippen LogP contribution < -0.4 is 21.3 Å². The zero-order valence-electron chi connectivity index (χ0n) is 11.8. The van der Waals surface area contributed by atoms with Crippen LogP contribution in [0.5, 0.6) is 6.01 Å². The van der Waals surface area contributed by atoms with E-state index in [-0.39, 0.29) is 30.2 Å². The molecule has 0 aliphatic rings. The van der Waals surface area contributed by atoms with Crippen molar-refractivity contribution in [3.8, 4) is 6.01 Å². The van der Waals surface area contributed by atoms with Gasteiger partial charge in [0, 0.05) is 12.1 Å². The van der Waals surface area contributed by atoms with Gasteiger partial charge in [-0.1, -0.05) is 0 Å². The van der Waals surface area contributed by atoms with Gasteiger partial charge in [-0.3, -0.25) is 5.43 Å². The number of nitrogens with zero attached hydrogens (tertiary/aromatic N) is 3. The molecular formula is C11H22N6O2. The largest absolute Gasteiger partial charge is 0.461 e. The Bertz CT molecular complexity index is 410. The van der Waals surface area contributed by atoms with E-state index < -0.39 is 0 Å². The number of aromatic nitrogens is 3. The molecule has 0 fully saturated rings. The molecular weight excluding hydrogens is 248 g/mol. The fourth-order valence-corrected chi connectivity index (χ4v) is 1.39. The van der Waals surface area contributed by atoms with Gasteiger partial charge in [-0.2, -0.15) is 15.0 Å². The average molecular weight is 270 g/mol. The molecule has 8 heteroatoms. The van der Waals surface area contributed by atoms with Crippen molar-refractivity contribution in [2.75, 3.05) is 17.3 Å². The summed E-state index contributed by atoms with van der Waals surface area (Å²) < 4.78 is 5.42. The highest BCUT2D eigenvalue weighted by molar-refractivity contribution is 5.36. The summed E-state index contributed by atoms with van der Waals surface area (Å²) in [7, 11) is 0. The van der Waals surface area contributed by atoms with Gasteiger partial charge < -0.3 is 15.2 Å². The van der Waals surface area contributed by atoms with E-state index >= 15 is 0 Å². The smallest absolute Gasteiger partial charge is 0.323 e. The Kier molecular flexibility index (Phi) is 5.25. The molecule has 0 atom stereocenters. The molecule has 0 saturated heterocycles. The van der Waals surface area contributed by atoms with Gasteiger partial charge in [-0.25, -0.2) is 5.84 Å². The van der Waals surface area contributed by atoms with E-state index in [4.69, 9.17) is 15.7 Å². The molecule has 108 valence electrons. The van der Waals surface area contributed by atoms with Gasteiger partial charge in [0.15, 0.2) is 0 Å². The van der Waals surface area contributed by atoms with Crippen LogP contribution >= 0.6 is 0 Å². The van der Waals surface area contributed by atoms with Crippen molar-refractivity contribution in [3.63, 3.8) is 0 Å². The number of anilines is 2. The van der Waals surface area contributed by atoms with Crippen LogP contribution in [0.25, 0.3) is 0 Å². The van der Waals surface area contributed by atoms with E-state index in [0.717, 1.165) is 0 Å². The third-order valence-electron chi connectivity index (χ3n) is 2.27. The van der Waals surface area contributed by atoms with Crippen molar-refractivity contribution < 1.29 is 9.84 Å². The zero-order chi connectivity index (χ0) is 14.5. The topological polar surface area (TPSA) is 118 Å². The van der Waals surface area contributed by atoms with E-state index in [9.17, 15) is 0 Å². The number of hydrazine groups is 1. The van der Waals surface area contributed by atoms with E-state index in [1.807, 2.05) is 27.7 Å². The summed E-state index contributed by atoms with van der Waals surface area (Å²) in [5, 5.41) is 12.1. The van der Waals surface area contributed by atoms with Crippen LogP contribution in [0, 0.1) is 0 Å². The number of nitrogens with two attached hydrogens (primary N) is 1. The van der Waals surface area contributed by atoms with Crippen molar-refractivity contribution in [1.29, 1.82) is 0 Å². The molecule has 0 aromatic carbocycles. The van der Waals surface area contributed by atoms with Crippen LogP contribution in [0.2, 0.25) is 0 Å². The normalized spacial score (nSPS) is 11.5. The maximum absolute atomic E-state index is 9.00. The first-order chi connectivity index (χ1) is 8.86. The first-order valence-corrected chi connectivity index (χ1v) is 6.14. The minimum atomic E-state index is -0.350. The summed E-state index contributed by atoms with van der Waals surface area (Å²) in [4.78, 5) is 12.2. The minimum Gasteiger partial charge on any atom is -0.461 e. The Balaban J connectivity index is 2.93. The quantitative estimate of drug-likeness (QED) is 0.418. The number of ether oxygens (including phenoxy) is 1. The van der Waals surface area contributed by atoms with Gasteiger partial charge >= 0.3 is 6.01 Å². The fraction of sp³-hybridized carbons (Fsp3) is 0.727. The van der Waals surface area contributed by atoms with Crippen LogP contribution in [-0.4, -0.2) is 38.3 Å². The van der Waals surface area contributed by atoms with Gasteiger partial charge in [0.05, 0.1) is 6.10 Å². The summed E-state index contributed by atoms with van der Waals surface area (Å²) in [6.45, 7) is 7.70. The Morgan fingerprint density at radius 3 is 2.42 bits per heavy atom. The molecule has 0 saturated carbocycles. The highest BCUT2D eigenvalue weighted by Gasteiger charge is 2.19. The number of hydrogen-bond acceptors (Lipinski definition) is 8. The Morgan fingerprint density at radius 2 is 1.89 bits per heavy atom. The lowest BCUT2D eigenvalue weighted by molar-refractivity contribution is 0.222. The summed E-state index contributed by atoms with van der Waals surface area (Å²) in [6, 6.07) is 0.195. The van der Waals surface area contributed by atoms with E-state index in [2.05, 4.69) is 25.7 Å². The monoisotopic (exact) mass is 270 g/mol. The van der Waals surface area contributed by atoms with Crippen molar-refractivity contribution >= 4 is 11.9 Å². The Hall–Kier alpha value is -1.67. The zero-order valence-corrected chi connectivity index (χ0v) is 11.8.